The molecule has 0 radical (unpaired) electrons. The van der Waals surface area contributed by atoms with Gasteiger partial charge in [-0.2, -0.15) is 0 Å². The lowest BCUT2D eigenvalue weighted by molar-refractivity contribution is 0.411. The Hall–Kier alpha value is -1.88. The molecule has 0 spiro atoms. The van der Waals surface area contributed by atoms with Gasteiger partial charge in [-0.15, -0.1) is 24.0 Å². The van der Waals surface area contributed by atoms with Gasteiger partial charge in [0.25, 0.3) is 0 Å². The van der Waals surface area contributed by atoms with Crippen molar-refractivity contribution in [2.24, 2.45) is 4.99 Å². The second-order valence-electron chi connectivity index (χ2n) is 6.84. The van der Waals surface area contributed by atoms with Crippen LogP contribution >= 0.6 is 24.0 Å². The monoisotopic (exact) mass is 549 g/mol. The van der Waals surface area contributed by atoms with Crippen molar-refractivity contribution in [2.75, 3.05) is 19.9 Å². The number of aliphatic imine (C=N–C) groups is 1. The highest BCUT2D eigenvalue weighted by atomic mass is 127. The molecule has 2 N–H and O–H groups in total. The highest BCUT2D eigenvalue weighted by molar-refractivity contribution is 14.0. The molecule has 6 nitrogen and oxygen atoms in total. The first-order valence-corrected chi connectivity index (χ1v) is 11.4. The number of benzene rings is 2. The van der Waals surface area contributed by atoms with Gasteiger partial charge in [0.05, 0.1) is 19.4 Å². The van der Waals surface area contributed by atoms with Crippen LogP contribution < -0.4 is 15.4 Å². The highest BCUT2D eigenvalue weighted by Crippen LogP contribution is 2.19. The molecule has 166 valence electrons. The fourth-order valence-corrected chi connectivity index (χ4v) is 3.76. The molecule has 9 heteroatoms. The van der Waals surface area contributed by atoms with E-state index < -0.39 is 15.7 Å². The summed E-state index contributed by atoms with van der Waals surface area (Å²) in [5, 5.41) is 6.30. The van der Waals surface area contributed by atoms with Gasteiger partial charge in [-0.1, -0.05) is 18.2 Å². The van der Waals surface area contributed by atoms with Crippen LogP contribution in [0.4, 0.5) is 4.39 Å². The van der Waals surface area contributed by atoms with Crippen LogP contribution in [0.3, 0.4) is 0 Å². The van der Waals surface area contributed by atoms with Gasteiger partial charge in [-0.05, 0) is 54.3 Å². The first-order valence-electron chi connectivity index (χ1n) is 9.32. The van der Waals surface area contributed by atoms with Gasteiger partial charge in [0.15, 0.2) is 15.8 Å². The predicted molar refractivity (Wildman–Crippen MR) is 130 cm³/mol. The number of nitrogens with one attached hydrogen (secondary N) is 2. The summed E-state index contributed by atoms with van der Waals surface area (Å²) in [7, 11) is -1.59. The van der Waals surface area contributed by atoms with E-state index in [1.54, 1.807) is 7.11 Å². The zero-order valence-electron chi connectivity index (χ0n) is 17.7. The Morgan fingerprint density at radius 3 is 2.47 bits per heavy atom. The minimum Gasteiger partial charge on any atom is -0.496 e. The predicted octanol–water partition coefficient (Wildman–Crippen LogP) is 3.56. The quantitative estimate of drug-likeness (QED) is 0.299. The lowest BCUT2D eigenvalue weighted by atomic mass is 10.1. The zero-order valence-corrected chi connectivity index (χ0v) is 20.8. The second kappa shape index (κ2) is 12.1. The number of hydrogen-bond acceptors (Lipinski definition) is 4. The Bertz CT molecular complexity index is 981. The average molecular weight is 549 g/mol. The highest BCUT2D eigenvalue weighted by Gasteiger charge is 2.11. The summed E-state index contributed by atoms with van der Waals surface area (Å²) < 4.78 is 42.3. The summed E-state index contributed by atoms with van der Waals surface area (Å²) in [6.45, 7) is 5.30. The molecule has 0 saturated heterocycles. The van der Waals surface area contributed by atoms with Gasteiger partial charge in [0, 0.05) is 19.3 Å². The molecule has 2 aromatic rings. The molecule has 0 bridgehead atoms. The van der Waals surface area contributed by atoms with E-state index in [-0.39, 0.29) is 36.3 Å². The van der Waals surface area contributed by atoms with Crippen molar-refractivity contribution in [3.8, 4) is 5.75 Å². The number of rotatable bonds is 8. The Morgan fingerprint density at radius 2 is 1.87 bits per heavy atom. The number of nitrogens with zero attached hydrogens (tertiary/aromatic N) is 1. The zero-order chi connectivity index (χ0) is 21.4. The first-order chi connectivity index (χ1) is 13.7. The van der Waals surface area contributed by atoms with E-state index in [2.05, 4.69) is 15.6 Å². The first kappa shape index (κ1) is 26.2. The fraction of sp³-hybridized carbons (Fsp3) is 0.381. The van der Waals surface area contributed by atoms with Crippen molar-refractivity contribution in [3.63, 3.8) is 0 Å². The van der Waals surface area contributed by atoms with Gasteiger partial charge in [0.2, 0.25) is 0 Å². The maximum atomic E-state index is 13.7. The van der Waals surface area contributed by atoms with Crippen molar-refractivity contribution in [3.05, 3.63) is 64.5 Å². The van der Waals surface area contributed by atoms with Crippen LogP contribution in [0.1, 0.15) is 29.2 Å². The molecule has 0 aliphatic heterocycles. The lowest BCUT2D eigenvalue weighted by Gasteiger charge is -2.14. The minimum atomic E-state index is -3.22. The number of aryl methyl sites for hydroxylation is 1. The topological polar surface area (TPSA) is 79.8 Å². The maximum Gasteiger partial charge on any atom is 0.191 e. The summed E-state index contributed by atoms with van der Waals surface area (Å²) in [6, 6.07) is 10.0. The number of methoxy groups -OCH3 is 1. The molecule has 0 heterocycles. The van der Waals surface area contributed by atoms with Crippen molar-refractivity contribution in [1.29, 1.82) is 0 Å². The maximum absolute atomic E-state index is 13.7. The van der Waals surface area contributed by atoms with E-state index in [0.717, 1.165) is 23.1 Å². The van der Waals surface area contributed by atoms with Crippen LogP contribution in [0.15, 0.2) is 41.4 Å². The van der Waals surface area contributed by atoms with E-state index in [4.69, 9.17) is 4.74 Å². The number of guanidine groups is 1. The summed E-state index contributed by atoms with van der Waals surface area (Å²) in [5.41, 5.74) is 3.22. The SMILES string of the molecule is CCNC(=NCc1ccc(OC)c(C)c1)NCc1cc(F)ccc1CS(C)(=O)=O.I. The number of sulfone groups is 1. The third kappa shape index (κ3) is 8.47. The van der Waals surface area contributed by atoms with Gasteiger partial charge in [-0.25, -0.2) is 17.8 Å². The third-order valence-electron chi connectivity index (χ3n) is 4.26. The number of ether oxygens (including phenoxy) is 1. The van der Waals surface area contributed by atoms with Gasteiger partial charge < -0.3 is 15.4 Å². The number of halogens is 2. The van der Waals surface area contributed by atoms with Crippen molar-refractivity contribution < 1.29 is 17.5 Å². The molecule has 0 atom stereocenters. The largest absolute Gasteiger partial charge is 0.496 e. The van der Waals surface area contributed by atoms with E-state index in [1.165, 1.54) is 18.2 Å². The van der Waals surface area contributed by atoms with Gasteiger partial charge in [-0.3, -0.25) is 0 Å². The fourth-order valence-electron chi connectivity index (χ4n) is 2.91. The smallest absolute Gasteiger partial charge is 0.191 e. The van der Waals surface area contributed by atoms with Crippen LogP contribution in [-0.2, 0) is 28.7 Å². The summed E-state index contributed by atoms with van der Waals surface area (Å²) in [5.74, 6) is 0.848. The molecule has 0 amide bonds. The van der Waals surface area contributed by atoms with Crippen LogP contribution in [0.5, 0.6) is 5.75 Å². The van der Waals surface area contributed by atoms with Crippen LogP contribution in [0.2, 0.25) is 0 Å². The van der Waals surface area contributed by atoms with Crippen LogP contribution in [-0.4, -0.2) is 34.3 Å². The van der Waals surface area contributed by atoms with E-state index in [9.17, 15) is 12.8 Å². The Labute approximate surface area is 195 Å². The second-order valence-corrected chi connectivity index (χ2v) is 8.98. The average Bonchev–Trinajstić information content (AvgIpc) is 2.65. The molecule has 2 rings (SSSR count). The molecule has 30 heavy (non-hydrogen) atoms. The standard InChI is InChI=1S/C21H28FN3O3S.HI/c1-5-23-21(24-12-16-6-9-20(28-3)15(2)10-16)25-13-18-11-19(22)8-7-17(18)14-29(4,26)27;/h6-11H,5,12-14H2,1-4H3,(H2,23,24,25);1H. The van der Waals surface area contributed by atoms with Crippen molar-refractivity contribution in [1.82, 2.24) is 10.6 Å². The van der Waals surface area contributed by atoms with Crippen LogP contribution in [0, 0.1) is 12.7 Å². The number of hydrogen-bond donors (Lipinski definition) is 2. The Balaban J connectivity index is 0.00000450. The Morgan fingerprint density at radius 1 is 1.13 bits per heavy atom. The van der Waals surface area contributed by atoms with E-state index in [1.807, 2.05) is 32.0 Å². The van der Waals surface area contributed by atoms with E-state index in [0.29, 0.717) is 30.2 Å². The molecule has 0 saturated carbocycles. The van der Waals surface area contributed by atoms with E-state index >= 15 is 0 Å². The van der Waals surface area contributed by atoms with Crippen LogP contribution in [0.25, 0.3) is 0 Å². The molecule has 2 aromatic carbocycles. The summed E-state index contributed by atoms with van der Waals surface area (Å²) in [4.78, 5) is 4.56. The Kier molecular flexibility index (Phi) is 10.5. The lowest BCUT2D eigenvalue weighted by Crippen LogP contribution is -2.37. The van der Waals surface area contributed by atoms with Crippen molar-refractivity contribution >= 4 is 39.8 Å². The molecule has 0 unspecified atom stereocenters. The molecule has 0 aliphatic rings. The molecular formula is C21H29FIN3O3S. The van der Waals surface area contributed by atoms with Crippen molar-refractivity contribution in [2.45, 2.75) is 32.7 Å². The van der Waals surface area contributed by atoms with Gasteiger partial charge >= 0.3 is 0 Å². The molecule has 0 aliphatic carbocycles. The molecular weight excluding hydrogens is 520 g/mol. The molecule has 0 aromatic heterocycles. The molecule has 0 fully saturated rings. The minimum absolute atomic E-state index is 0. The third-order valence-corrected chi connectivity index (χ3v) is 5.09. The van der Waals surface area contributed by atoms with Gasteiger partial charge in [0.1, 0.15) is 11.6 Å². The normalized spacial score (nSPS) is 11.6. The summed E-state index contributed by atoms with van der Waals surface area (Å²) >= 11 is 0. The summed E-state index contributed by atoms with van der Waals surface area (Å²) in [6.07, 6.45) is 1.16.